The van der Waals surface area contributed by atoms with Gasteiger partial charge in [0.2, 0.25) is 0 Å². The summed E-state index contributed by atoms with van der Waals surface area (Å²) in [4.78, 5) is 10.8. The summed E-state index contributed by atoms with van der Waals surface area (Å²) in [7, 11) is -3.37. The summed E-state index contributed by atoms with van der Waals surface area (Å²) in [6.07, 6.45) is -3.26. The molecule has 12 heteroatoms. The van der Waals surface area contributed by atoms with Gasteiger partial charge < -0.3 is 9.84 Å². The number of aromatic carboxylic acids is 1. The molecule has 1 heterocycles. The number of hydrogen-bond acceptors (Lipinski definition) is 5. The maximum Gasteiger partial charge on any atom is 0.416 e. The second-order valence-corrected chi connectivity index (χ2v) is 9.48. The van der Waals surface area contributed by atoms with Crippen molar-refractivity contribution in [3.8, 4) is 17.0 Å². The third-order valence-electron chi connectivity index (χ3n) is 4.82. The molecule has 0 bridgehead atoms. The Hall–Kier alpha value is -3.54. The van der Waals surface area contributed by atoms with E-state index >= 15 is 0 Å². The largest absolute Gasteiger partial charge is 0.495 e. The van der Waals surface area contributed by atoms with Crippen LogP contribution in [0.3, 0.4) is 0 Å². The van der Waals surface area contributed by atoms with E-state index in [9.17, 15) is 31.5 Å². The molecular formula is C22H22F3N3O5S. The highest BCUT2D eigenvalue weighted by Crippen LogP contribution is 2.37. The highest BCUT2D eigenvalue weighted by Gasteiger charge is 2.32. The average molecular weight is 497 g/mol. The maximum absolute atomic E-state index is 13.4. The molecule has 0 radical (unpaired) electrons. The molecule has 34 heavy (non-hydrogen) atoms. The van der Waals surface area contributed by atoms with E-state index in [1.165, 1.54) is 19.4 Å². The van der Waals surface area contributed by atoms with Crippen molar-refractivity contribution in [2.45, 2.75) is 31.5 Å². The van der Waals surface area contributed by atoms with E-state index in [4.69, 9.17) is 4.74 Å². The first-order valence-corrected chi connectivity index (χ1v) is 11.5. The van der Waals surface area contributed by atoms with E-state index in [0.29, 0.717) is 18.3 Å². The highest BCUT2D eigenvalue weighted by molar-refractivity contribution is 7.92. The van der Waals surface area contributed by atoms with Gasteiger partial charge in [-0.25, -0.2) is 13.2 Å². The van der Waals surface area contributed by atoms with Gasteiger partial charge >= 0.3 is 12.1 Å². The number of nitrogens with zero attached hydrogens (tertiary/aromatic N) is 2. The van der Waals surface area contributed by atoms with Crippen LogP contribution in [0.4, 0.5) is 18.9 Å². The number of rotatable bonds is 8. The van der Waals surface area contributed by atoms with Crippen molar-refractivity contribution >= 4 is 21.7 Å². The van der Waals surface area contributed by atoms with Gasteiger partial charge in [0, 0.05) is 18.3 Å². The van der Waals surface area contributed by atoms with Crippen LogP contribution in [0.5, 0.6) is 5.75 Å². The number of carbonyl (C=O) groups is 1. The van der Waals surface area contributed by atoms with Gasteiger partial charge in [0.25, 0.3) is 10.0 Å². The molecule has 3 aromatic rings. The fourth-order valence-electron chi connectivity index (χ4n) is 3.30. The zero-order valence-corrected chi connectivity index (χ0v) is 19.2. The zero-order valence-electron chi connectivity index (χ0n) is 18.4. The third kappa shape index (κ3) is 5.33. The second kappa shape index (κ2) is 9.37. The number of carboxylic acid groups (broad SMARTS) is 1. The monoisotopic (exact) mass is 497 g/mol. The fourth-order valence-corrected chi connectivity index (χ4v) is 4.57. The number of hydrogen-bond donors (Lipinski definition) is 2. The number of methoxy groups -OCH3 is 1. The van der Waals surface area contributed by atoms with E-state index in [2.05, 4.69) is 9.82 Å². The SMILES string of the molecule is COc1ccc(C(=O)O)cc1S(=O)(=O)Nc1cc(C(F)(F)F)ccc1-c1ccnn1CC(C)C. The number of benzene rings is 2. The Bertz CT molecular complexity index is 1320. The topological polar surface area (TPSA) is 111 Å². The van der Waals surface area contributed by atoms with Crippen molar-refractivity contribution in [3.63, 3.8) is 0 Å². The lowest BCUT2D eigenvalue weighted by atomic mass is 10.1. The summed E-state index contributed by atoms with van der Waals surface area (Å²) in [5, 5.41) is 13.4. The molecule has 182 valence electrons. The molecule has 3 rings (SSSR count). The number of ether oxygens (including phenoxy) is 1. The van der Waals surface area contributed by atoms with Crippen molar-refractivity contribution in [1.29, 1.82) is 0 Å². The van der Waals surface area contributed by atoms with Crippen LogP contribution in [-0.4, -0.2) is 36.4 Å². The van der Waals surface area contributed by atoms with Crippen molar-refractivity contribution in [1.82, 2.24) is 9.78 Å². The summed E-state index contributed by atoms with van der Waals surface area (Å²) >= 11 is 0. The van der Waals surface area contributed by atoms with Gasteiger partial charge in [-0.1, -0.05) is 19.9 Å². The normalized spacial score (nSPS) is 12.1. The minimum absolute atomic E-state index is 0.163. The quantitative estimate of drug-likeness (QED) is 0.466. The molecular weight excluding hydrogens is 475 g/mol. The Morgan fingerprint density at radius 2 is 1.88 bits per heavy atom. The third-order valence-corrected chi connectivity index (χ3v) is 6.21. The Balaban J connectivity index is 2.18. The molecule has 0 atom stereocenters. The summed E-state index contributed by atoms with van der Waals surface area (Å²) in [6.45, 7) is 4.32. The molecule has 0 saturated carbocycles. The first kappa shape index (κ1) is 25.1. The molecule has 0 unspecified atom stereocenters. The van der Waals surface area contributed by atoms with Crippen LogP contribution in [0.1, 0.15) is 29.8 Å². The zero-order chi connectivity index (χ0) is 25.3. The standard InChI is InChI=1S/C22H22F3N3O5S/c1-13(2)12-28-18(8-9-26-28)16-6-5-15(22(23,24)25)11-17(16)27-34(31,32)20-10-14(21(29)30)4-7-19(20)33-3/h4-11,13,27H,12H2,1-3H3,(H,29,30). The Labute approximate surface area is 194 Å². The second-order valence-electron chi connectivity index (χ2n) is 7.83. The van der Waals surface area contributed by atoms with Gasteiger partial charge in [0.15, 0.2) is 0 Å². The van der Waals surface area contributed by atoms with Crippen molar-refractivity contribution in [2.75, 3.05) is 11.8 Å². The Kier molecular flexibility index (Phi) is 6.92. The smallest absolute Gasteiger partial charge is 0.416 e. The van der Waals surface area contributed by atoms with Crippen molar-refractivity contribution in [3.05, 3.63) is 59.8 Å². The van der Waals surface area contributed by atoms with Gasteiger partial charge in [-0.3, -0.25) is 9.40 Å². The van der Waals surface area contributed by atoms with E-state index in [1.54, 1.807) is 10.7 Å². The lowest BCUT2D eigenvalue weighted by Gasteiger charge is -2.18. The van der Waals surface area contributed by atoms with Crippen LogP contribution in [0, 0.1) is 5.92 Å². The molecule has 0 aliphatic rings. The number of aromatic nitrogens is 2. The van der Waals surface area contributed by atoms with Crippen molar-refractivity contribution < 1.29 is 36.2 Å². The highest BCUT2D eigenvalue weighted by atomic mass is 32.2. The molecule has 1 aromatic heterocycles. The fraction of sp³-hybridized carbons (Fsp3) is 0.273. The first-order valence-electron chi connectivity index (χ1n) is 10.0. The molecule has 0 aliphatic carbocycles. The lowest BCUT2D eigenvalue weighted by molar-refractivity contribution is -0.137. The average Bonchev–Trinajstić information content (AvgIpc) is 3.19. The summed E-state index contributed by atoms with van der Waals surface area (Å²) in [5.41, 5.74) is -1.16. The van der Waals surface area contributed by atoms with Gasteiger partial charge in [-0.2, -0.15) is 18.3 Å². The molecule has 0 spiro atoms. The Morgan fingerprint density at radius 3 is 2.47 bits per heavy atom. The molecule has 0 aliphatic heterocycles. The van der Waals surface area contributed by atoms with Crippen molar-refractivity contribution in [2.24, 2.45) is 5.92 Å². The van der Waals surface area contributed by atoms with Gasteiger partial charge in [0.1, 0.15) is 10.6 Å². The van der Waals surface area contributed by atoms with Crippen LogP contribution < -0.4 is 9.46 Å². The van der Waals surface area contributed by atoms with Crippen LogP contribution in [-0.2, 0) is 22.7 Å². The summed E-state index contributed by atoms with van der Waals surface area (Å²) < 4.78 is 75.5. The number of anilines is 1. The van der Waals surface area contributed by atoms with Crippen LogP contribution in [0.2, 0.25) is 0 Å². The lowest BCUT2D eigenvalue weighted by Crippen LogP contribution is -2.17. The van der Waals surface area contributed by atoms with E-state index < -0.39 is 32.6 Å². The van der Waals surface area contributed by atoms with Gasteiger partial charge in [-0.05, 0) is 42.3 Å². The van der Waals surface area contributed by atoms with E-state index in [0.717, 1.165) is 24.3 Å². The van der Waals surface area contributed by atoms with Crippen LogP contribution in [0.15, 0.2) is 53.6 Å². The minimum atomic E-state index is -4.72. The molecule has 0 saturated heterocycles. The van der Waals surface area contributed by atoms with Crippen LogP contribution in [0.25, 0.3) is 11.3 Å². The number of sulfonamides is 1. The summed E-state index contributed by atoms with van der Waals surface area (Å²) in [6, 6.07) is 7.45. The maximum atomic E-state index is 13.4. The number of alkyl halides is 3. The van der Waals surface area contributed by atoms with E-state index in [1.807, 2.05) is 13.8 Å². The predicted octanol–water partition coefficient (Wildman–Crippen LogP) is 4.73. The first-order chi connectivity index (χ1) is 15.8. The summed E-state index contributed by atoms with van der Waals surface area (Å²) in [5.74, 6) is -1.39. The number of nitrogens with one attached hydrogen (secondary N) is 1. The predicted molar refractivity (Wildman–Crippen MR) is 118 cm³/mol. The van der Waals surface area contributed by atoms with Gasteiger partial charge in [0.05, 0.1) is 29.6 Å². The number of halogens is 3. The molecule has 0 fully saturated rings. The van der Waals surface area contributed by atoms with Gasteiger partial charge in [-0.15, -0.1) is 0 Å². The van der Waals surface area contributed by atoms with Crippen LogP contribution >= 0.6 is 0 Å². The molecule has 0 amide bonds. The minimum Gasteiger partial charge on any atom is -0.495 e. The molecule has 2 aromatic carbocycles. The Morgan fingerprint density at radius 1 is 1.18 bits per heavy atom. The number of carboxylic acids is 1. The molecule has 8 nitrogen and oxygen atoms in total. The molecule has 2 N–H and O–H groups in total. The van der Waals surface area contributed by atoms with E-state index in [-0.39, 0.29) is 28.5 Å².